The molecule has 6 heteroatoms. The van der Waals surface area contributed by atoms with Gasteiger partial charge in [0.15, 0.2) is 5.69 Å². The van der Waals surface area contributed by atoms with E-state index in [0.717, 1.165) is 24.5 Å². The van der Waals surface area contributed by atoms with Crippen molar-refractivity contribution in [1.29, 1.82) is 0 Å². The fourth-order valence-corrected chi connectivity index (χ4v) is 2.56. The van der Waals surface area contributed by atoms with E-state index < -0.39 is 0 Å². The monoisotopic (exact) mass is 286 g/mol. The zero-order valence-electron chi connectivity index (χ0n) is 12.0. The lowest BCUT2D eigenvalue weighted by atomic mass is 10.2. The summed E-state index contributed by atoms with van der Waals surface area (Å²) in [5, 5.41) is 3.78. The third-order valence-electron chi connectivity index (χ3n) is 3.69. The quantitative estimate of drug-likeness (QED) is 0.847. The minimum Gasteiger partial charge on any atom is -0.397 e. The Morgan fingerprint density at radius 3 is 2.57 bits per heavy atom. The normalized spacial score (nSPS) is 15.3. The van der Waals surface area contributed by atoms with Gasteiger partial charge in [-0.3, -0.25) is 4.79 Å². The molecule has 0 radical (unpaired) electrons. The van der Waals surface area contributed by atoms with Gasteiger partial charge in [-0.2, -0.15) is 0 Å². The Labute approximate surface area is 123 Å². The summed E-state index contributed by atoms with van der Waals surface area (Å²) in [5.41, 5.74) is 8.17. The Kier molecular flexibility index (Phi) is 3.51. The van der Waals surface area contributed by atoms with Crippen LogP contribution in [0.4, 0.5) is 11.4 Å². The predicted molar refractivity (Wildman–Crippen MR) is 80.2 cm³/mol. The molecule has 2 aromatic rings. The highest BCUT2D eigenvalue weighted by Crippen LogP contribution is 2.23. The van der Waals surface area contributed by atoms with Gasteiger partial charge in [0.1, 0.15) is 5.76 Å². The van der Waals surface area contributed by atoms with Crippen LogP contribution < -0.4 is 10.6 Å². The summed E-state index contributed by atoms with van der Waals surface area (Å²) in [6, 6.07) is 9.47. The topological polar surface area (TPSA) is 75.6 Å². The van der Waals surface area contributed by atoms with Crippen LogP contribution in [0, 0.1) is 6.92 Å². The van der Waals surface area contributed by atoms with Crippen molar-refractivity contribution in [3.05, 3.63) is 41.8 Å². The summed E-state index contributed by atoms with van der Waals surface area (Å²) in [4.78, 5) is 16.3. The smallest absolute Gasteiger partial charge is 0.276 e. The van der Waals surface area contributed by atoms with Gasteiger partial charge < -0.3 is 20.1 Å². The third kappa shape index (κ3) is 2.69. The molecule has 2 heterocycles. The number of piperazine rings is 1. The van der Waals surface area contributed by atoms with Crippen LogP contribution in [0.25, 0.3) is 0 Å². The van der Waals surface area contributed by atoms with Crippen molar-refractivity contribution in [3.63, 3.8) is 0 Å². The lowest BCUT2D eigenvalue weighted by Gasteiger charge is -2.36. The van der Waals surface area contributed by atoms with Gasteiger partial charge >= 0.3 is 0 Å². The maximum atomic E-state index is 12.3. The van der Waals surface area contributed by atoms with Crippen molar-refractivity contribution < 1.29 is 9.32 Å². The van der Waals surface area contributed by atoms with E-state index in [0.29, 0.717) is 24.5 Å². The molecule has 110 valence electrons. The molecule has 0 atom stereocenters. The maximum Gasteiger partial charge on any atom is 0.276 e. The first kappa shape index (κ1) is 13.5. The van der Waals surface area contributed by atoms with Crippen molar-refractivity contribution >= 4 is 17.3 Å². The molecule has 0 unspecified atom stereocenters. The van der Waals surface area contributed by atoms with Crippen LogP contribution in [0.1, 0.15) is 16.2 Å². The highest BCUT2D eigenvalue weighted by atomic mass is 16.5. The number of aryl methyl sites for hydroxylation is 1. The first-order valence-electron chi connectivity index (χ1n) is 6.97. The van der Waals surface area contributed by atoms with Crippen LogP contribution in [-0.2, 0) is 0 Å². The first-order valence-corrected chi connectivity index (χ1v) is 6.97. The van der Waals surface area contributed by atoms with Gasteiger partial charge in [-0.1, -0.05) is 17.3 Å². The van der Waals surface area contributed by atoms with Gasteiger partial charge in [0.2, 0.25) is 0 Å². The standard InChI is InChI=1S/C15H18N4O2/c1-11-10-13(17-21-11)15(20)19-8-6-18(7-9-19)14-5-3-2-4-12(14)16/h2-5,10H,6-9,16H2,1H3. The number of benzene rings is 1. The van der Waals surface area contributed by atoms with Crippen LogP contribution in [0.5, 0.6) is 0 Å². The van der Waals surface area contributed by atoms with Gasteiger partial charge in [0.05, 0.1) is 11.4 Å². The van der Waals surface area contributed by atoms with Crippen LogP contribution in [-0.4, -0.2) is 42.1 Å². The molecule has 21 heavy (non-hydrogen) atoms. The predicted octanol–water partition coefficient (Wildman–Crippen LogP) is 1.53. The van der Waals surface area contributed by atoms with E-state index in [9.17, 15) is 4.79 Å². The molecule has 1 fully saturated rings. The van der Waals surface area contributed by atoms with Crippen molar-refractivity contribution in [2.24, 2.45) is 0 Å². The molecule has 0 bridgehead atoms. The van der Waals surface area contributed by atoms with Gasteiger partial charge in [0, 0.05) is 32.2 Å². The van der Waals surface area contributed by atoms with Crippen molar-refractivity contribution in [2.45, 2.75) is 6.92 Å². The summed E-state index contributed by atoms with van der Waals surface area (Å²) in [6.07, 6.45) is 0. The molecule has 1 aromatic heterocycles. The van der Waals surface area contributed by atoms with Crippen LogP contribution in [0.2, 0.25) is 0 Å². The summed E-state index contributed by atoms with van der Waals surface area (Å²) in [7, 11) is 0. The summed E-state index contributed by atoms with van der Waals surface area (Å²) in [5.74, 6) is 0.571. The van der Waals surface area contributed by atoms with Gasteiger partial charge in [0.25, 0.3) is 5.91 Å². The number of amides is 1. The van der Waals surface area contributed by atoms with Crippen molar-refractivity contribution in [3.8, 4) is 0 Å². The number of nitrogen functional groups attached to an aromatic ring is 1. The second kappa shape index (κ2) is 5.47. The Bertz CT molecular complexity index is 645. The molecule has 1 amide bonds. The number of nitrogens with zero attached hydrogens (tertiary/aromatic N) is 3. The largest absolute Gasteiger partial charge is 0.397 e. The Balaban J connectivity index is 1.65. The average Bonchev–Trinajstić information content (AvgIpc) is 2.94. The van der Waals surface area contributed by atoms with E-state index >= 15 is 0 Å². The molecule has 2 N–H and O–H groups in total. The molecule has 3 rings (SSSR count). The lowest BCUT2D eigenvalue weighted by Crippen LogP contribution is -2.49. The van der Waals surface area contributed by atoms with Crippen molar-refractivity contribution in [2.75, 3.05) is 36.8 Å². The average molecular weight is 286 g/mol. The molecule has 1 aliphatic rings. The summed E-state index contributed by atoms with van der Waals surface area (Å²) < 4.78 is 4.96. The number of anilines is 2. The van der Waals surface area contributed by atoms with Gasteiger partial charge in [-0.05, 0) is 19.1 Å². The summed E-state index contributed by atoms with van der Waals surface area (Å²) in [6.45, 7) is 4.60. The van der Waals surface area contributed by atoms with E-state index in [4.69, 9.17) is 10.3 Å². The highest BCUT2D eigenvalue weighted by molar-refractivity contribution is 5.92. The Hall–Kier alpha value is -2.50. The molecular formula is C15H18N4O2. The number of para-hydroxylation sites is 2. The first-order chi connectivity index (χ1) is 10.1. The molecule has 1 aromatic carbocycles. The fourth-order valence-electron chi connectivity index (χ4n) is 2.56. The minimum atomic E-state index is -0.0764. The second-order valence-corrected chi connectivity index (χ2v) is 5.16. The van der Waals surface area contributed by atoms with Crippen molar-refractivity contribution in [1.82, 2.24) is 10.1 Å². The minimum absolute atomic E-state index is 0.0764. The highest BCUT2D eigenvalue weighted by Gasteiger charge is 2.24. The zero-order chi connectivity index (χ0) is 14.8. The number of nitrogens with two attached hydrogens (primary N) is 1. The molecule has 0 spiro atoms. The Morgan fingerprint density at radius 2 is 1.95 bits per heavy atom. The molecule has 1 saturated heterocycles. The number of rotatable bonds is 2. The maximum absolute atomic E-state index is 12.3. The molecule has 0 aliphatic carbocycles. The Morgan fingerprint density at radius 1 is 1.24 bits per heavy atom. The molecule has 6 nitrogen and oxygen atoms in total. The van der Waals surface area contributed by atoms with E-state index in [1.54, 1.807) is 17.9 Å². The van der Waals surface area contributed by atoms with E-state index in [2.05, 4.69) is 10.1 Å². The third-order valence-corrected chi connectivity index (χ3v) is 3.69. The summed E-state index contributed by atoms with van der Waals surface area (Å²) >= 11 is 0. The van der Waals surface area contributed by atoms with Crippen LogP contribution in [0.3, 0.4) is 0 Å². The van der Waals surface area contributed by atoms with E-state index in [-0.39, 0.29) is 5.91 Å². The molecule has 1 aliphatic heterocycles. The van der Waals surface area contributed by atoms with E-state index in [1.165, 1.54) is 0 Å². The number of carbonyl (C=O) groups excluding carboxylic acids is 1. The molecular weight excluding hydrogens is 268 g/mol. The lowest BCUT2D eigenvalue weighted by molar-refractivity contribution is 0.0736. The van der Waals surface area contributed by atoms with E-state index in [1.807, 2.05) is 24.3 Å². The number of hydrogen-bond donors (Lipinski definition) is 1. The van der Waals surface area contributed by atoms with Gasteiger partial charge in [-0.25, -0.2) is 0 Å². The SMILES string of the molecule is Cc1cc(C(=O)N2CCN(c3ccccc3N)CC2)no1. The van der Waals surface area contributed by atoms with Crippen LogP contribution >= 0.6 is 0 Å². The zero-order valence-corrected chi connectivity index (χ0v) is 12.0. The van der Waals surface area contributed by atoms with Gasteiger partial charge in [-0.15, -0.1) is 0 Å². The molecule has 0 saturated carbocycles. The number of carbonyl (C=O) groups is 1. The fraction of sp³-hybridized carbons (Fsp3) is 0.333. The number of hydrogen-bond acceptors (Lipinski definition) is 5. The van der Waals surface area contributed by atoms with Crippen LogP contribution in [0.15, 0.2) is 34.9 Å². The number of aromatic nitrogens is 1. The second-order valence-electron chi connectivity index (χ2n) is 5.16.